The van der Waals surface area contributed by atoms with Crippen molar-refractivity contribution in [3.05, 3.63) is 83.9 Å². The van der Waals surface area contributed by atoms with Crippen LogP contribution in [-0.4, -0.2) is 22.4 Å². The highest BCUT2D eigenvalue weighted by molar-refractivity contribution is 6.32. The van der Waals surface area contributed by atoms with Crippen molar-refractivity contribution < 1.29 is 14.9 Å². The zero-order valence-electron chi connectivity index (χ0n) is 15.5. The van der Waals surface area contributed by atoms with E-state index in [-0.39, 0.29) is 12.2 Å². The zero-order valence-corrected chi connectivity index (χ0v) is 15.5. The summed E-state index contributed by atoms with van der Waals surface area (Å²) in [7, 11) is 0. The molecule has 1 saturated heterocycles. The SMILES string of the molecule is O[C@@H]1[C@@H]2O[C@@H]2c2c(ccc3c4ccccc4c4c5ccccc5ccc4c23)[C@H]1O. The topological polar surface area (TPSA) is 53.0 Å². The molecule has 1 heterocycles. The lowest BCUT2D eigenvalue weighted by Gasteiger charge is -2.25. The summed E-state index contributed by atoms with van der Waals surface area (Å²) >= 11 is 0. The lowest BCUT2D eigenvalue weighted by atomic mass is 9.81. The van der Waals surface area contributed by atoms with Crippen molar-refractivity contribution in [2.24, 2.45) is 0 Å². The molecule has 1 aliphatic carbocycles. The van der Waals surface area contributed by atoms with Crippen molar-refractivity contribution >= 4 is 43.1 Å². The summed E-state index contributed by atoms with van der Waals surface area (Å²) in [5.41, 5.74) is 1.82. The van der Waals surface area contributed by atoms with Crippen molar-refractivity contribution in [3.8, 4) is 0 Å². The van der Waals surface area contributed by atoms with E-state index in [1.165, 1.54) is 37.7 Å². The van der Waals surface area contributed by atoms with E-state index < -0.39 is 12.2 Å². The molecule has 1 aliphatic heterocycles. The molecule has 1 fully saturated rings. The highest BCUT2D eigenvalue weighted by atomic mass is 16.6. The molecule has 5 aromatic rings. The first kappa shape index (κ1) is 15.9. The van der Waals surface area contributed by atoms with Crippen molar-refractivity contribution in [3.63, 3.8) is 0 Å². The van der Waals surface area contributed by atoms with Crippen LogP contribution in [0.2, 0.25) is 0 Å². The number of aliphatic hydroxyl groups excluding tert-OH is 2. The van der Waals surface area contributed by atoms with Gasteiger partial charge >= 0.3 is 0 Å². The van der Waals surface area contributed by atoms with Gasteiger partial charge in [0.2, 0.25) is 0 Å². The summed E-state index contributed by atoms with van der Waals surface area (Å²) in [6, 6.07) is 25.4. The van der Waals surface area contributed by atoms with E-state index in [1.54, 1.807) is 0 Å². The summed E-state index contributed by atoms with van der Waals surface area (Å²) < 4.78 is 5.83. The Bertz CT molecular complexity index is 1490. The summed E-state index contributed by atoms with van der Waals surface area (Å²) in [5, 5.41) is 30.7. The van der Waals surface area contributed by atoms with Gasteiger partial charge in [-0.1, -0.05) is 72.8 Å². The predicted octanol–water partition coefficient (Wildman–Crippen LogP) is 5.15. The quantitative estimate of drug-likeness (QED) is 0.290. The Labute approximate surface area is 166 Å². The number of hydrogen-bond donors (Lipinski definition) is 2. The van der Waals surface area contributed by atoms with Gasteiger partial charge in [-0.05, 0) is 54.2 Å². The molecular formula is C26H18O3. The largest absolute Gasteiger partial charge is 0.387 e. The number of hydrogen-bond acceptors (Lipinski definition) is 3. The fourth-order valence-corrected chi connectivity index (χ4v) is 5.40. The standard InChI is InChI=1S/C26H18O3/c27-23-19-12-11-17-15-7-3-4-8-16(15)20-14-6-2-1-5-13(14)9-10-18(20)21(17)22(19)25-26(29-25)24(23)28/h1-12,23-28H/t23-,24+,25-,26+/m1/s1. The smallest absolute Gasteiger partial charge is 0.118 e. The van der Waals surface area contributed by atoms with Crippen LogP contribution in [0, 0.1) is 0 Å². The van der Waals surface area contributed by atoms with Gasteiger partial charge < -0.3 is 14.9 Å². The van der Waals surface area contributed by atoms with Crippen LogP contribution in [0.5, 0.6) is 0 Å². The fraction of sp³-hybridized carbons (Fsp3) is 0.154. The second-order valence-electron chi connectivity index (χ2n) is 8.20. The number of aliphatic hydroxyl groups is 2. The lowest BCUT2D eigenvalue weighted by molar-refractivity contribution is 0.000110. The molecule has 0 bridgehead atoms. The maximum Gasteiger partial charge on any atom is 0.118 e. The molecule has 140 valence electrons. The number of epoxide rings is 1. The normalized spacial score (nSPS) is 25.4. The van der Waals surface area contributed by atoms with Crippen LogP contribution in [0.3, 0.4) is 0 Å². The van der Waals surface area contributed by atoms with Gasteiger partial charge in [0, 0.05) is 0 Å². The third-order valence-corrected chi connectivity index (χ3v) is 6.75. The minimum absolute atomic E-state index is 0.150. The van der Waals surface area contributed by atoms with Gasteiger partial charge in [0.15, 0.2) is 0 Å². The van der Waals surface area contributed by atoms with E-state index >= 15 is 0 Å². The molecule has 5 aromatic carbocycles. The number of ether oxygens (including phenoxy) is 1. The van der Waals surface area contributed by atoms with Gasteiger partial charge in [0.1, 0.15) is 24.4 Å². The average Bonchev–Trinajstić information content (AvgIpc) is 3.57. The van der Waals surface area contributed by atoms with Crippen LogP contribution in [0.25, 0.3) is 43.1 Å². The van der Waals surface area contributed by atoms with Crippen LogP contribution in [0.1, 0.15) is 23.3 Å². The molecule has 0 aromatic heterocycles. The Kier molecular flexibility index (Phi) is 2.92. The molecule has 3 nitrogen and oxygen atoms in total. The summed E-state index contributed by atoms with van der Waals surface area (Å²) in [6.07, 6.45) is -2.24. The van der Waals surface area contributed by atoms with Gasteiger partial charge in [0.25, 0.3) is 0 Å². The van der Waals surface area contributed by atoms with Crippen LogP contribution < -0.4 is 0 Å². The first-order valence-electron chi connectivity index (χ1n) is 10.0. The predicted molar refractivity (Wildman–Crippen MR) is 115 cm³/mol. The Hall–Kier alpha value is -2.98. The molecular weight excluding hydrogens is 360 g/mol. The molecule has 7 rings (SSSR count). The minimum Gasteiger partial charge on any atom is -0.387 e. The Morgan fingerprint density at radius 1 is 0.621 bits per heavy atom. The van der Waals surface area contributed by atoms with Gasteiger partial charge in [-0.2, -0.15) is 0 Å². The number of rotatable bonds is 0. The van der Waals surface area contributed by atoms with Gasteiger partial charge in [0.05, 0.1) is 0 Å². The lowest BCUT2D eigenvalue weighted by Crippen LogP contribution is -2.29. The first-order chi connectivity index (χ1) is 14.2. The minimum atomic E-state index is -0.917. The van der Waals surface area contributed by atoms with Crippen LogP contribution in [-0.2, 0) is 4.74 Å². The molecule has 2 aliphatic rings. The van der Waals surface area contributed by atoms with E-state index in [0.717, 1.165) is 16.5 Å². The fourth-order valence-electron chi connectivity index (χ4n) is 5.40. The maximum absolute atomic E-state index is 10.7. The molecule has 0 radical (unpaired) electrons. The molecule has 0 saturated carbocycles. The number of benzene rings is 5. The Balaban J connectivity index is 1.78. The van der Waals surface area contributed by atoms with Crippen molar-refractivity contribution in [1.29, 1.82) is 0 Å². The van der Waals surface area contributed by atoms with Crippen molar-refractivity contribution in [2.75, 3.05) is 0 Å². The van der Waals surface area contributed by atoms with E-state index in [9.17, 15) is 10.2 Å². The van der Waals surface area contributed by atoms with Gasteiger partial charge in [-0.15, -0.1) is 0 Å². The maximum atomic E-state index is 10.7. The third-order valence-electron chi connectivity index (χ3n) is 6.75. The molecule has 3 heteroatoms. The van der Waals surface area contributed by atoms with E-state index in [0.29, 0.717) is 0 Å². The van der Waals surface area contributed by atoms with Gasteiger partial charge in [-0.25, -0.2) is 0 Å². The number of fused-ring (bicyclic) bond motifs is 12. The summed E-state index contributed by atoms with van der Waals surface area (Å²) in [6.45, 7) is 0. The highest BCUT2D eigenvalue weighted by Gasteiger charge is 2.54. The van der Waals surface area contributed by atoms with Gasteiger partial charge in [-0.3, -0.25) is 0 Å². The third kappa shape index (κ3) is 1.92. The molecule has 4 atom stereocenters. The van der Waals surface area contributed by atoms with Crippen molar-refractivity contribution in [1.82, 2.24) is 0 Å². The van der Waals surface area contributed by atoms with E-state index in [2.05, 4.69) is 66.7 Å². The summed E-state index contributed by atoms with van der Waals surface area (Å²) in [4.78, 5) is 0. The molecule has 0 spiro atoms. The average molecular weight is 378 g/mol. The molecule has 0 unspecified atom stereocenters. The molecule has 0 amide bonds. The van der Waals surface area contributed by atoms with E-state index in [1.807, 2.05) is 6.07 Å². The first-order valence-corrected chi connectivity index (χ1v) is 10.0. The zero-order chi connectivity index (χ0) is 19.3. The van der Waals surface area contributed by atoms with E-state index in [4.69, 9.17) is 4.74 Å². The molecule has 2 N–H and O–H groups in total. The monoisotopic (exact) mass is 378 g/mol. The Morgan fingerprint density at radius 2 is 1.31 bits per heavy atom. The molecule has 29 heavy (non-hydrogen) atoms. The summed E-state index contributed by atoms with van der Waals surface area (Å²) in [5.74, 6) is 0. The van der Waals surface area contributed by atoms with Crippen molar-refractivity contribution in [2.45, 2.75) is 24.4 Å². The van der Waals surface area contributed by atoms with Crippen LogP contribution in [0.15, 0.2) is 72.8 Å². The Morgan fingerprint density at radius 3 is 2.17 bits per heavy atom. The highest BCUT2D eigenvalue weighted by Crippen LogP contribution is 2.55. The van der Waals surface area contributed by atoms with Crippen LogP contribution in [0.4, 0.5) is 0 Å². The second-order valence-corrected chi connectivity index (χ2v) is 8.20. The second kappa shape index (κ2) is 5.33. The van der Waals surface area contributed by atoms with Crippen LogP contribution >= 0.6 is 0 Å².